The van der Waals surface area contributed by atoms with E-state index in [4.69, 9.17) is 0 Å². The Kier molecular flexibility index (Phi) is 3.47. The number of carbonyl (C=O) groups is 1. The molecule has 5 nitrogen and oxygen atoms in total. The largest absolute Gasteiger partial charge is 0.347 e. The van der Waals surface area contributed by atoms with Crippen molar-refractivity contribution in [3.05, 3.63) is 76.2 Å². The summed E-state index contributed by atoms with van der Waals surface area (Å²) < 4.78 is 0. The number of amides is 1. The average Bonchev–Trinajstić information content (AvgIpc) is 2.54. The minimum atomic E-state index is -0.314. The lowest BCUT2D eigenvalue weighted by Gasteiger charge is -2.06. The lowest BCUT2D eigenvalue weighted by molar-refractivity contribution is 0.0946. The van der Waals surface area contributed by atoms with Crippen molar-refractivity contribution in [1.29, 1.82) is 0 Å². The highest BCUT2D eigenvalue weighted by Gasteiger charge is 2.13. The highest BCUT2D eigenvalue weighted by molar-refractivity contribution is 6.04. The number of carbonyl (C=O) groups excluding carboxylic acids is 1. The van der Waals surface area contributed by atoms with Gasteiger partial charge in [-0.15, -0.1) is 0 Å². The van der Waals surface area contributed by atoms with E-state index in [1.807, 2.05) is 30.3 Å². The third-order valence-electron chi connectivity index (χ3n) is 3.21. The molecule has 1 amide bonds. The molecule has 1 heterocycles. The second-order valence-corrected chi connectivity index (χ2v) is 4.62. The molecule has 5 heteroatoms. The van der Waals surface area contributed by atoms with Gasteiger partial charge in [0.2, 0.25) is 0 Å². The zero-order valence-corrected chi connectivity index (χ0v) is 11.2. The molecular weight excluding hydrogens is 266 g/mol. The number of fused-ring (bicyclic) bond motifs is 1. The van der Waals surface area contributed by atoms with Gasteiger partial charge < -0.3 is 5.32 Å². The second-order valence-electron chi connectivity index (χ2n) is 4.62. The zero-order chi connectivity index (χ0) is 14.7. The lowest BCUT2D eigenvalue weighted by Crippen LogP contribution is -2.26. The molecule has 0 aliphatic heterocycles. The average molecular weight is 279 g/mol. The van der Waals surface area contributed by atoms with Crippen LogP contribution in [0, 0.1) is 0 Å². The maximum atomic E-state index is 12.2. The summed E-state index contributed by atoms with van der Waals surface area (Å²) in [5.74, 6) is -0.314. The molecule has 0 spiro atoms. The van der Waals surface area contributed by atoms with Crippen LogP contribution < -0.4 is 10.9 Å². The van der Waals surface area contributed by atoms with Crippen LogP contribution in [0.25, 0.3) is 10.8 Å². The van der Waals surface area contributed by atoms with Crippen LogP contribution in [0.5, 0.6) is 0 Å². The van der Waals surface area contributed by atoms with Crippen LogP contribution in [0.2, 0.25) is 0 Å². The molecule has 2 N–H and O–H groups in total. The van der Waals surface area contributed by atoms with E-state index in [1.165, 1.54) is 0 Å². The lowest BCUT2D eigenvalue weighted by atomic mass is 10.1. The summed E-state index contributed by atoms with van der Waals surface area (Å²) in [4.78, 5) is 23.9. The molecule has 0 bridgehead atoms. The summed E-state index contributed by atoms with van der Waals surface area (Å²) >= 11 is 0. The van der Waals surface area contributed by atoms with E-state index < -0.39 is 0 Å². The smallest absolute Gasteiger partial charge is 0.272 e. The first-order chi connectivity index (χ1) is 10.3. The molecule has 0 radical (unpaired) electrons. The van der Waals surface area contributed by atoms with Crippen molar-refractivity contribution in [2.45, 2.75) is 6.54 Å². The van der Waals surface area contributed by atoms with Gasteiger partial charge in [0.1, 0.15) is 0 Å². The molecule has 0 saturated heterocycles. The Morgan fingerprint density at radius 1 is 1.00 bits per heavy atom. The Morgan fingerprint density at radius 3 is 2.43 bits per heavy atom. The molecular formula is C16H13N3O2. The molecule has 0 aliphatic rings. The van der Waals surface area contributed by atoms with Gasteiger partial charge in [-0.05, 0) is 11.6 Å². The molecule has 1 aromatic heterocycles. The van der Waals surface area contributed by atoms with Gasteiger partial charge in [-0.25, -0.2) is 5.10 Å². The first-order valence-corrected chi connectivity index (χ1v) is 6.55. The SMILES string of the molecule is O=C(NCc1ccccc1)c1n[nH]c(=O)c2ccccc12. The van der Waals surface area contributed by atoms with Gasteiger partial charge in [-0.2, -0.15) is 5.10 Å². The zero-order valence-electron chi connectivity index (χ0n) is 11.2. The third-order valence-corrected chi connectivity index (χ3v) is 3.21. The Labute approximate surface area is 120 Å². The number of H-pyrrole nitrogens is 1. The van der Waals surface area contributed by atoms with Crippen LogP contribution in [0.3, 0.4) is 0 Å². The van der Waals surface area contributed by atoms with Gasteiger partial charge in [0.25, 0.3) is 11.5 Å². The van der Waals surface area contributed by atoms with Crippen molar-refractivity contribution in [1.82, 2.24) is 15.5 Å². The van der Waals surface area contributed by atoms with Crippen molar-refractivity contribution in [2.75, 3.05) is 0 Å². The maximum Gasteiger partial charge on any atom is 0.272 e. The quantitative estimate of drug-likeness (QED) is 0.768. The third kappa shape index (κ3) is 2.67. The number of nitrogens with one attached hydrogen (secondary N) is 2. The minimum absolute atomic E-state index is 0.223. The molecule has 0 aliphatic carbocycles. The Balaban J connectivity index is 1.89. The monoisotopic (exact) mass is 279 g/mol. The van der Waals surface area contributed by atoms with E-state index in [0.29, 0.717) is 17.3 Å². The Hall–Kier alpha value is -2.95. The first-order valence-electron chi connectivity index (χ1n) is 6.55. The number of rotatable bonds is 3. The number of hydrogen-bond donors (Lipinski definition) is 2. The van der Waals surface area contributed by atoms with E-state index in [2.05, 4.69) is 15.5 Å². The molecule has 0 unspecified atom stereocenters. The van der Waals surface area contributed by atoms with Crippen LogP contribution in [-0.4, -0.2) is 16.1 Å². The number of aromatic amines is 1. The van der Waals surface area contributed by atoms with Gasteiger partial charge in [-0.1, -0.05) is 48.5 Å². The van der Waals surface area contributed by atoms with Crippen LogP contribution in [-0.2, 0) is 6.54 Å². The maximum absolute atomic E-state index is 12.2. The summed E-state index contributed by atoms with van der Waals surface area (Å²) in [6.45, 7) is 0.412. The summed E-state index contributed by atoms with van der Waals surface area (Å²) in [6.07, 6.45) is 0. The number of aromatic nitrogens is 2. The van der Waals surface area contributed by atoms with Crippen molar-refractivity contribution in [3.63, 3.8) is 0 Å². The normalized spacial score (nSPS) is 10.5. The fourth-order valence-electron chi connectivity index (χ4n) is 2.15. The van der Waals surface area contributed by atoms with Crippen LogP contribution in [0.15, 0.2) is 59.4 Å². The van der Waals surface area contributed by atoms with Gasteiger partial charge >= 0.3 is 0 Å². The first kappa shape index (κ1) is 13.1. The highest BCUT2D eigenvalue weighted by Crippen LogP contribution is 2.12. The molecule has 104 valence electrons. The van der Waals surface area contributed by atoms with E-state index in [9.17, 15) is 9.59 Å². The topological polar surface area (TPSA) is 74.8 Å². The molecule has 0 saturated carbocycles. The van der Waals surface area contributed by atoms with Crippen LogP contribution >= 0.6 is 0 Å². The molecule has 3 aromatic rings. The molecule has 0 atom stereocenters. The summed E-state index contributed by atoms with van der Waals surface area (Å²) in [5, 5.41) is 10.0. The predicted octanol–water partition coefficient (Wildman–Crippen LogP) is 1.85. The molecule has 3 rings (SSSR count). The number of nitrogens with zero attached hydrogens (tertiary/aromatic N) is 1. The van der Waals surface area contributed by atoms with Gasteiger partial charge in [-0.3, -0.25) is 9.59 Å². The van der Waals surface area contributed by atoms with Crippen LogP contribution in [0.1, 0.15) is 16.1 Å². The summed E-state index contributed by atoms with van der Waals surface area (Å²) in [6, 6.07) is 16.5. The second kappa shape index (κ2) is 5.58. The van der Waals surface area contributed by atoms with E-state index >= 15 is 0 Å². The standard InChI is InChI=1S/C16H13N3O2/c20-15-13-9-5-4-8-12(13)14(18-19-15)16(21)17-10-11-6-2-1-3-7-11/h1-9H,10H2,(H,17,21)(H,19,20). The van der Waals surface area contributed by atoms with Gasteiger partial charge in [0, 0.05) is 11.9 Å². The number of benzene rings is 2. The fraction of sp³-hybridized carbons (Fsp3) is 0.0625. The van der Waals surface area contributed by atoms with E-state index in [-0.39, 0.29) is 17.2 Å². The van der Waals surface area contributed by atoms with Crippen molar-refractivity contribution in [2.24, 2.45) is 0 Å². The summed E-state index contributed by atoms with van der Waals surface area (Å²) in [5.41, 5.74) is 0.922. The van der Waals surface area contributed by atoms with Crippen molar-refractivity contribution in [3.8, 4) is 0 Å². The van der Waals surface area contributed by atoms with E-state index in [0.717, 1.165) is 5.56 Å². The van der Waals surface area contributed by atoms with Crippen LogP contribution in [0.4, 0.5) is 0 Å². The van der Waals surface area contributed by atoms with Gasteiger partial charge in [0.15, 0.2) is 5.69 Å². The summed E-state index contributed by atoms with van der Waals surface area (Å²) in [7, 11) is 0. The van der Waals surface area contributed by atoms with Gasteiger partial charge in [0.05, 0.1) is 5.39 Å². The van der Waals surface area contributed by atoms with Crippen molar-refractivity contribution < 1.29 is 4.79 Å². The van der Waals surface area contributed by atoms with E-state index in [1.54, 1.807) is 24.3 Å². The fourth-order valence-corrected chi connectivity index (χ4v) is 2.15. The molecule has 0 fully saturated rings. The highest BCUT2D eigenvalue weighted by atomic mass is 16.2. The predicted molar refractivity (Wildman–Crippen MR) is 80.0 cm³/mol. The minimum Gasteiger partial charge on any atom is -0.347 e. The molecule has 2 aromatic carbocycles. The van der Waals surface area contributed by atoms with Crippen molar-refractivity contribution >= 4 is 16.7 Å². The Morgan fingerprint density at radius 2 is 1.67 bits per heavy atom. The molecule has 21 heavy (non-hydrogen) atoms. The Bertz CT molecular complexity index is 841. The number of hydrogen-bond acceptors (Lipinski definition) is 3.